The maximum absolute atomic E-state index is 9.89. The first-order chi connectivity index (χ1) is 7.69. The molecule has 1 rings (SSSR count). The summed E-state index contributed by atoms with van der Waals surface area (Å²) < 4.78 is 0. The zero-order valence-electron chi connectivity index (χ0n) is 9.36. The molecule has 0 amide bonds. The second-order valence-electron chi connectivity index (χ2n) is 3.78. The number of rotatable bonds is 6. The van der Waals surface area contributed by atoms with Crippen LogP contribution in [-0.4, -0.2) is 29.9 Å². The molecule has 0 aromatic heterocycles. The Kier molecular flexibility index (Phi) is 5.98. The number of aliphatic hydroxyl groups is 2. The maximum Gasteiger partial charge on any atom is 0.105 e. The quantitative estimate of drug-likeness (QED) is 0.697. The molecule has 2 atom stereocenters. The van der Waals surface area contributed by atoms with Crippen molar-refractivity contribution in [3.8, 4) is 0 Å². The fourth-order valence-electron chi connectivity index (χ4n) is 1.48. The van der Waals surface area contributed by atoms with Crippen LogP contribution in [0.3, 0.4) is 0 Å². The Hall–Kier alpha value is -0.420. The van der Waals surface area contributed by atoms with E-state index in [4.69, 9.17) is 0 Å². The standard InChI is InChI=1S/C12H18BrNO2/c1-14-7-6-11(15)12(16)10-4-2-9(8-13)3-5-10/h2-5,11-12,14-16H,6-8H2,1H3. The van der Waals surface area contributed by atoms with Crippen molar-refractivity contribution in [2.45, 2.75) is 24.0 Å². The molecule has 3 nitrogen and oxygen atoms in total. The molecule has 0 aliphatic carbocycles. The van der Waals surface area contributed by atoms with Gasteiger partial charge in [0.05, 0.1) is 6.10 Å². The van der Waals surface area contributed by atoms with E-state index in [-0.39, 0.29) is 0 Å². The van der Waals surface area contributed by atoms with Crippen LogP contribution >= 0.6 is 15.9 Å². The fourth-order valence-corrected chi connectivity index (χ4v) is 1.85. The lowest BCUT2D eigenvalue weighted by molar-refractivity contribution is 0.0140. The molecule has 1 aromatic carbocycles. The van der Waals surface area contributed by atoms with Crippen LogP contribution in [0.15, 0.2) is 24.3 Å². The van der Waals surface area contributed by atoms with Gasteiger partial charge in [0.2, 0.25) is 0 Å². The van der Waals surface area contributed by atoms with E-state index in [9.17, 15) is 10.2 Å². The van der Waals surface area contributed by atoms with Crippen LogP contribution in [0.4, 0.5) is 0 Å². The number of aliphatic hydroxyl groups excluding tert-OH is 2. The molecule has 0 radical (unpaired) electrons. The third-order valence-electron chi connectivity index (χ3n) is 2.53. The first kappa shape index (κ1) is 13.6. The molecule has 0 fully saturated rings. The van der Waals surface area contributed by atoms with E-state index in [0.29, 0.717) is 13.0 Å². The Bertz CT molecular complexity index is 302. The molecule has 0 spiro atoms. The van der Waals surface area contributed by atoms with Crippen molar-refractivity contribution < 1.29 is 10.2 Å². The Morgan fingerprint density at radius 2 is 1.88 bits per heavy atom. The largest absolute Gasteiger partial charge is 0.390 e. The first-order valence-electron chi connectivity index (χ1n) is 5.34. The average molecular weight is 288 g/mol. The van der Waals surface area contributed by atoms with Crippen LogP contribution in [0.1, 0.15) is 23.7 Å². The van der Waals surface area contributed by atoms with E-state index >= 15 is 0 Å². The van der Waals surface area contributed by atoms with Crippen LogP contribution in [0.2, 0.25) is 0 Å². The van der Waals surface area contributed by atoms with Crippen molar-refractivity contribution in [1.82, 2.24) is 5.32 Å². The van der Waals surface area contributed by atoms with Crippen LogP contribution in [0.25, 0.3) is 0 Å². The molecule has 3 N–H and O–H groups in total. The predicted molar refractivity (Wildman–Crippen MR) is 68.6 cm³/mol. The van der Waals surface area contributed by atoms with Crippen LogP contribution in [-0.2, 0) is 5.33 Å². The lowest BCUT2D eigenvalue weighted by atomic mass is 10.0. The normalized spacial score (nSPS) is 14.8. The smallest absolute Gasteiger partial charge is 0.105 e. The number of nitrogens with one attached hydrogen (secondary N) is 1. The summed E-state index contributed by atoms with van der Waals surface area (Å²) in [7, 11) is 1.82. The van der Waals surface area contributed by atoms with Crippen molar-refractivity contribution >= 4 is 15.9 Å². The van der Waals surface area contributed by atoms with Crippen LogP contribution in [0, 0.1) is 0 Å². The number of hydrogen-bond donors (Lipinski definition) is 3. The predicted octanol–water partition coefficient (Wildman–Crippen LogP) is 1.59. The van der Waals surface area contributed by atoms with Crippen molar-refractivity contribution in [1.29, 1.82) is 0 Å². The van der Waals surface area contributed by atoms with Gasteiger partial charge in [0, 0.05) is 5.33 Å². The summed E-state index contributed by atoms with van der Waals surface area (Å²) in [5, 5.41) is 23.4. The number of benzene rings is 1. The summed E-state index contributed by atoms with van der Waals surface area (Å²) in [6.07, 6.45) is -0.988. The summed E-state index contributed by atoms with van der Waals surface area (Å²) in [5.74, 6) is 0. The van der Waals surface area contributed by atoms with E-state index in [1.54, 1.807) is 0 Å². The van der Waals surface area contributed by atoms with Gasteiger partial charge < -0.3 is 15.5 Å². The third-order valence-corrected chi connectivity index (χ3v) is 3.18. The zero-order valence-corrected chi connectivity index (χ0v) is 10.9. The van der Waals surface area contributed by atoms with E-state index in [2.05, 4.69) is 21.2 Å². The van der Waals surface area contributed by atoms with Crippen molar-refractivity contribution in [2.24, 2.45) is 0 Å². The van der Waals surface area contributed by atoms with Crippen LogP contribution in [0.5, 0.6) is 0 Å². The zero-order chi connectivity index (χ0) is 12.0. The third kappa shape index (κ3) is 3.87. The first-order valence-corrected chi connectivity index (χ1v) is 6.46. The minimum atomic E-state index is -0.808. The number of alkyl halides is 1. The molecule has 4 heteroatoms. The highest BCUT2D eigenvalue weighted by Gasteiger charge is 2.17. The van der Waals surface area contributed by atoms with Gasteiger partial charge in [-0.3, -0.25) is 0 Å². The molecule has 90 valence electrons. The van der Waals surface area contributed by atoms with Gasteiger partial charge in [0.15, 0.2) is 0 Å². The van der Waals surface area contributed by atoms with E-state index in [1.807, 2.05) is 31.3 Å². The molecule has 0 aliphatic rings. The van der Waals surface area contributed by atoms with Gasteiger partial charge >= 0.3 is 0 Å². The van der Waals surface area contributed by atoms with Gasteiger partial charge in [-0.25, -0.2) is 0 Å². The topological polar surface area (TPSA) is 52.5 Å². The van der Waals surface area contributed by atoms with E-state index in [1.165, 1.54) is 0 Å². The van der Waals surface area contributed by atoms with Crippen molar-refractivity contribution in [3.05, 3.63) is 35.4 Å². The van der Waals surface area contributed by atoms with Gasteiger partial charge in [0.1, 0.15) is 6.10 Å². The molecule has 0 heterocycles. The average Bonchev–Trinajstić information content (AvgIpc) is 2.35. The van der Waals surface area contributed by atoms with Crippen molar-refractivity contribution in [2.75, 3.05) is 13.6 Å². The highest BCUT2D eigenvalue weighted by molar-refractivity contribution is 9.08. The molecular weight excluding hydrogens is 270 g/mol. The maximum atomic E-state index is 9.89. The van der Waals surface area contributed by atoms with Gasteiger partial charge in [-0.15, -0.1) is 0 Å². The molecule has 1 aromatic rings. The van der Waals surface area contributed by atoms with E-state index < -0.39 is 12.2 Å². The summed E-state index contributed by atoms with van der Waals surface area (Å²) in [6, 6.07) is 7.59. The monoisotopic (exact) mass is 287 g/mol. The highest BCUT2D eigenvalue weighted by atomic mass is 79.9. The van der Waals surface area contributed by atoms with Gasteiger partial charge in [-0.1, -0.05) is 40.2 Å². The summed E-state index contributed by atoms with van der Waals surface area (Å²) >= 11 is 3.36. The lowest BCUT2D eigenvalue weighted by Gasteiger charge is -2.18. The lowest BCUT2D eigenvalue weighted by Crippen LogP contribution is -2.23. The molecule has 2 unspecified atom stereocenters. The van der Waals surface area contributed by atoms with Crippen LogP contribution < -0.4 is 5.32 Å². The Morgan fingerprint density at radius 3 is 2.38 bits per heavy atom. The number of halogens is 1. The summed E-state index contributed by atoms with van der Waals surface area (Å²) in [6.45, 7) is 0.692. The molecule has 16 heavy (non-hydrogen) atoms. The molecular formula is C12H18BrNO2. The summed E-state index contributed by atoms with van der Waals surface area (Å²) in [4.78, 5) is 0. The number of hydrogen-bond acceptors (Lipinski definition) is 3. The molecule has 0 bridgehead atoms. The molecule has 0 aliphatic heterocycles. The molecule has 0 saturated carbocycles. The van der Waals surface area contributed by atoms with E-state index in [0.717, 1.165) is 16.5 Å². The SMILES string of the molecule is CNCCC(O)C(O)c1ccc(CBr)cc1. The summed E-state index contributed by atoms with van der Waals surface area (Å²) in [5.41, 5.74) is 1.91. The second-order valence-corrected chi connectivity index (χ2v) is 4.34. The van der Waals surface area contributed by atoms with Crippen molar-refractivity contribution in [3.63, 3.8) is 0 Å². The van der Waals surface area contributed by atoms with Gasteiger partial charge in [-0.05, 0) is 31.1 Å². The minimum Gasteiger partial charge on any atom is -0.390 e. The van der Waals surface area contributed by atoms with Gasteiger partial charge in [0.25, 0.3) is 0 Å². The fraction of sp³-hybridized carbons (Fsp3) is 0.500. The Balaban J connectivity index is 2.60. The Morgan fingerprint density at radius 1 is 1.25 bits per heavy atom. The highest BCUT2D eigenvalue weighted by Crippen LogP contribution is 2.19. The Labute approximate surface area is 105 Å². The second kappa shape index (κ2) is 7.01. The van der Waals surface area contributed by atoms with Gasteiger partial charge in [-0.2, -0.15) is 0 Å². The minimum absolute atomic E-state index is 0.540. The molecule has 0 saturated heterocycles.